The van der Waals surface area contributed by atoms with Crippen LogP contribution in [-0.4, -0.2) is 41.5 Å². The molecule has 1 unspecified atom stereocenters. The molecule has 0 aliphatic carbocycles. The van der Waals surface area contributed by atoms with Crippen molar-refractivity contribution in [3.8, 4) is 0 Å². The summed E-state index contributed by atoms with van der Waals surface area (Å²) in [6.07, 6.45) is 5.85. The standard InChI is InChI=1S/C15H20N2O3S/c1-16-15(20)13-4-2-3-9-17(13)10-12-6-5-11(21-12)7-8-14(18)19/h5-8,13H,2-4,9-10H2,1H3,(H,16,20)(H,18,19). The molecule has 0 bridgehead atoms. The van der Waals surface area contributed by atoms with Crippen LogP contribution < -0.4 is 5.32 Å². The molecule has 1 aromatic heterocycles. The van der Waals surface area contributed by atoms with Gasteiger partial charge in [-0.1, -0.05) is 6.42 Å². The van der Waals surface area contributed by atoms with Crippen LogP contribution in [0.2, 0.25) is 0 Å². The van der Waals surface area contributed by atoms with Crippen LogP contribution in [0, 0.1) is 0 Å². The molecule has 2 rings (SSSR count). The Bertz CT molecular complexity index is 539. The van der Waals surface area contributed by atoms with Crippen molar-refractivity contribution in [2.75, 3.05) is 13.6 Å². The Kier molecular flexibility index (Phi) is 5.52. The molecule has 2 N–H and O–H groups in total. The van der Waals surface area contributed by atoms with Crippen molar-refractivity contribution in [3.63, 3.8) is 0 Å². The summed E-state index contributed by atoms with van der Waals surface area (Å²) >= 11 is 1.57. The van der Waals surface area contributed by atoms with Crippen molar-refractivity contribution in [2.45, 2.75) is 31.8 Å². The first-order chi connectivity index (χ1) is 10.1. The molecule has 5 nitrogen and oxygen atoms in total. The van der Waals surface area contributed by atoms with Crippen LogP contribution in [0.3, 0.4) is 0 Å². The average molecular weight is 308 g/mol. The van der Waals surface area contributed by atoms with Gasteiger partial charge in [-0.2, -0.15) is 0 Å². The fourth-order valence-corrected chi connectivity index (χ4v) is 3.51. The lowest BCUT2D eigenvalue weighted by Crippen LogP contribution is -2.48. The molecule has 0 radical (unpaired) electrons. The normalized spacial score (nSPS) is 19.8. The monoisotopic (exact) mass is 308 g/mol. The van der Waals surface area contributed by atoms with E-state index in [1.165, 1.54) is 0 Å². The Balaban J connectivity index is 2.02. The molecule has 0 aromatic carbocycles. The molecule has 1 aliphatic heterocycles. The molecule has 0 saturated carbocycles. The summed E-state index contributed by atoms with van der Waals surface area (Å²) in [7, 11) is 1.68. The summed E-state index contributed by atoms with van der Waals surface area (Å²) in [5, 5.41) is 11.4. The van der Waals surface area contributed by atoms with Gasteiger partial charge in [0, 0.05) is 29.4 Å². The minimum Gasteiger partial charge on any atom is -0.478 e. The molecule has 114 valence electrons. The quantitative estimate of drug-likeness (QED) is 0.816. The third-order valence-corrected chi connectivity index (χ3v) is 4.63. The van der Waals surface area contributed by atoms with Crippen molar-refractivity contribution in [1.29, 1.82) is 0 Å². The highest BCUT2D eigenvalue weighted by Crippen LogP contribution is 2.24. The number of nitrogens with one attached hydrogen (secondary N) is 1. The van der Waals surface area contributed by atoms with E-state index >= 15 is 0 Å². The summed E-state index contributed by atoms with van der Waals surface area (Å²) < 4.78 is 0. The van der Waals surface area contributed by atoms with Crippen molar-refractivity contribution in [3.05, 3.63) is 28.0 Å². The topological polar surface area (TPSA) is 69.6 Å². The Labute approximate surface area is 128 Å². The van der Waals surface area contributed by atoms with Crippen molar-refractivity contribution in [2.24, 2.45) is 0 Å². The highest BCUT2D eigenvalue weighted by molar-refractivity contribution is 7.12. The fraction of sp³-hybridized carbons (Fsp3) is 0.467. The van der Waals surface area contributed by atoms with E-state index < -0.39 is 5.97 Å². The number of rotatable bonds is 5. The van der Waals surface area contributed by atoms with Crippen LogP contribution in [0.25, 0.3) is 6.08 Å². The number of thiophene rings is 1. The average Bonchev–Trinajstić information content (AvgIpc) is 2.92. The number of carbonyl (C=O) groups is 2. The second-order valence-corrected chi connectivity index (χ2v) is 6.27. The molecular formula is C15H20N2O3S. The van der Waals surface area contributed by atoms with Crippen LogP contribution in [0.4, 0.5) is 0 Å². The Morgan fingerprint density at radius 1 is 1.48 bits per heavy atom. The predicted molar refractivity (Wildman–Crippen MR) is 83.1 cm³/mol. The maximum atomic E-state index is 11.9. The minimum atomic E-state index is -0.944. The number of carboxylic acid groups (broad SMARTS) is 1. The van der Waals surface area contributed by atoms with Crippen molar-refractivity contribution < 1.29 is 14.7 Å². The summed E-state index contributed by atoms with van der Waals surface area (Å²) in [5.41, 5.74) is 0. The second-order valence-electron chi connectivity index (χ2n) is 5.07. The number of hydrogen-bond donors (Lipinski definition) is 2. The number of nitrogens with zero attached hydrogens (tertiary/aromatic N) is 1. The number of likely N-dealkylation sites (tertiary alicyclic amines) is 1. The van der Waals surface area contributed by atoms with Crippen molar-refractivity contribution >= 4 is 29.3 Å². The van der Waals surface area contributed by atoms with E-state index in [2.05, 4.69) is 10.2 Å². The first-order valence-electron chi connectivity index (χ1n) is 7.05. The second kappa shape index (κ2) is 7.38. The van der Waals surface area contributed by atoms with Gasteiger partial charge >= 0.3 is 5.97 Å². The number of carboxylic acids is 1. The smallest absolute Gasteiger partial charge is 0.328 e. The molecule has 1 aliphatic rings. The largest absolute Gasteiger partial charge is 0.478 e. The lowest BCUT2D eigenvalue weighted by molar-refractivity contribution is -0.131. The van der Waals surface area contributed by atoms with Crippen LogP contribution in [0.5, 0.6) is 0 Å². The predicted octanol–water partition coefficient (Wildman–Crippen LogP) is 1.95. The van der Waals surface area contributed by atoms with Crippen LogP contribution in [0.15, 0.2) is 18.2 Å². The highest BCUT2D eigenvalue weighted by atomic mass is 32.1. The first-order valence-corrected chi connectivity index (χ1v) is 7.87. The van der Waals surface area contributed by atoms with Crippen LogP contribution in [0.1, 0.15) is 29.0 Å². The van der Waals surface area contributed by atoms with Gasteiger partial charge < -0.3 is 10.4 Å². The number of amides is 1. The van der Waals surface area contributed by atoms with Gasteiger partial charge in [0.25, 0.3) is 0 Å². The van der Waals surface area contributed by atoms with E-state index in [1.807, 2.05) is 12.1 Å². The lowest BCUT2D eigenvalue weighted by atomic mass is 10.0. The molecular weight excluding hydrogens is 288 g/mol. The van der Waals surface area contributed by atoms with Gasteiger partial charge in [0.1, 0.15) is 0 Å². The molecule has 2 heterocycles. The first kappa shape index (κ1) is 15.7. The maximum absolute atomic E-state index is 11.9. The number of piperidine rings is 1. The van der Waals surface area contributed by atoms with Gasteiger partial charge in [0.05, 0.1) is 6.04 Å². The number of carbonyl (C=O) groups excluding carboxylic acids is 1. The zero-order valence-electron chi connectivity index (χ0n) is 12.0. The van der Waals surface area contributed by atoms with Crippen LogP contribution in [-0.2, 0) is 16.1 Å². The summed E-state index contributed by atoms with van der Waals surface area (Å²) in [6.45, 7) is 1.67. The Morgan fingerprint density at radius 3 is 3.00 bits per heavy atom. The van der Waals surface area contributed by atoms with Gasteiger partial charge in [0.2, 0.25) is 5.91 Å². The lowest BCUT2D eigenvalue weighted by Gasteiger charge is -2.33. The molecule has 6 heteroatoms. The molecule has 1 atom stereocenters. The number of hydrogen-bond acceptors (Lipinski definition) is 4. The zero-order valence-corrected chi connectivity index (χ0v) is 12.9. The summed E-state index contributed by atoms with van der Waals surface area (Å²) in [5.74, 6) is -0.863. The van der Waals surface area contributed by atoms with Gasteiger partial charge in [-0.3, -0.25) is 9.69 Å². The van der Waals surface area contributed by atoms with Gasteiger partial charge in [-0.25, -0.2) is 4.79 Å². The number of aliphatic carboxylic acids is 1. The van der Waals surface area contributed by atoms with Crippen molar-refractivity contribution in [1.82, 2.24) is 10.2 Å². The van der Waals surface area contributed by atoms with E-state index in [4.69, 9.17) is 5.11 Å². The van der Waals surface area contributed by atoms with E-state index in [-0.39, 0.29) is 11.9 Å². The molecule has 1 amide bonds. The van der Waals surface area contributed by atoms with E-state index in [9.17, 15) is 9.59 Å². The Hall–Kier alpha value is -1.66. The molecule has 1 aromatic rings. The SMILES string of the molecule is CNC(=O)C1CCCCN1Cc1ccc(C=CC(=O)O)s1. The van der Waals surface area contributed by atoms with E-state index in [0.29, 0.717) is 0 Å². The van der Waals surface area contributed by atoms with Crippen LogP contribution >= 0.6 is 11.3 Å². The molecule has 0 spiro atoms. The Morgan fingerprint density at radius 2 is 2.29 bits per heavy atom. The minimum absolute atomic E-state index is 0.0520. The summed E-state index contributed by atoms with van der Waals surface area (Å²) in [4.78, 5) is 26.7. The van der Waals surface area contributed by atoms with Gasteiger partial charge in [-0.15, -0.1) is 11.3 Å². The molecule has 1 saturated heterocycles. The highest BCUT2D eigenvalue weighted by Gasteiger charge is 2.28. The third kappa shape index (κ3) is 4.41. The van der Waals surface area contributed by atoms with Gasteiger partial charge in [-0.05, 0) is 37.6 Å². The zero-order chi connectivity index (χ0) is 15.2. The fourth-order valence-electron chi connectivity index (χ4n) is 2.57. The maximum Gasteiger partial charge on any atom is 0.328 e. The van der Waals surface area contributed by atoms with Gasteiger partial charge in [0.15, 0.2) is 0 Å². The van der Waals surface area contributed by atoms with E-state index in [0.717, 1.165) is 48.2 Å². The number of likely N-dealkylation sites (N-methyl/N-ethyl adjacent to an activating group) is 1. The third-order valence-electron chi connectivity index (χ3n) is 3.59. The van der Waals surface area contributed by atoms with E-state index in [1.54, 1.807) is 24.5 Å². The summed E-state index contributed by atoms with van der Waals surface area (Å²) in [6, 6.07) is 3.86. The molecule has 1 fully saturated rings. The molecule has 21 heavy (non-hydrogen) atoms.